The number of nitrogens with one attached hydrogen (secondary N) is 1. The number of phenols is 1. The minimum absolute atomic E-state index is 0.000379. The van der Waals surface area contributed by atoms with Crippen molar-refractivity contribution < 1.29 is 29.6 Å². The summed E-state index contributed by atoms with van der Waals surface area (Å²) in [5.74, 6) is 10.0. The van der Waals surface area contributed by atoms with Gasteiger partial charge in [0, 0.05) is 16.7 Å². The molecule has 5 rings (SSSR count). The first kappa shape index (κ1) is 21.9. The molecule has 0 amide bonds. The highest BCUT2D eigenvalue weighted by molar-refractivity contribution is 6.31. The van der Waals surface area contributed by atoms with Gasteiger partial charge in [-0.25, -0.2) is 0 Å². The van der Waals surface area contributed by atoms with Crippen LogP contribution in [-0.2, 0) is 10.3 Å². The molecule has 1 unspecified atom stereocenters. The number of carbonyl (C=O) groups excluding carboxylic acids is 2. The summed E-state index contributed by atoms with van der Waals surface area (Å²) in [5.41, 5.74) is -1.88. The first-order chi connectivity index (χ1) is 16.3. The minimum Gasteiger partial charge on any atom is -0.507 e. The van der Waals surface area contributed by atoms with Crippen LogP contribution in [0.15, 0.2) is 42.5 Å². The highest BCUT2D eigenvalue weighted by Gasteiger charge is 2.79. The summed E-state index contributed by atoms with van der Waals surface area (Å²) in [6.07, 6.45) is 2.06. The van der Waals surface area contributed by atoms with E-state index in [2.05, 4.69) is 29.0 Å². The molecule has 4 atom stereocenters. The van der Waals surface area contributed by atoms with E-state index in [1.807, 2.05) is 0 Å². The fraction of sp³-hybridized carbons (Fsp3) is 0.259. The van der Waals surface area contributed by atoms with Crippen LogP contribution in [0.25, 0.3) is 0 Å². The number of aliphatic hydroxyl groups is 2. The zero-order valence-electron chi connectivity index (χ0n) is 18.5. The van der Waals surface area contributed by atoms with Gasteiger partial charge in [0.15, 0.2) is 22.8 Å². The molecule has 2 aliphatic heterocycles. The van der Waals surface area contributed by atoms with E-state index < -0.39 is 47.3 Å². The third-order valence-corrected chi connectivity index (χ3v) is 6.73. The molecule has 1 aliphatic carbocycles. The van der Waals surface area contributed by atoms with Gasteiger partial charge in [-0.15, -0.1) is 5.92 Å². The van der Waals surface area contributed by atoms with Crippen molar-refractivity contribution in [2.75, 3.05) is 11.9 Å². The second-order valence-electron chi connectivity index (χ2n) is 8.42. The van der Waals surface area contributed by atoms with E-state index in [1.54, 1.807) is 43.3 Å². The van der Waals surface area contributed by atoms with E-state index in [1.165, 1.54) is 13.0 Å². The summed E-state index contributed by atoms with van der Waals surface area (Å²) in [7, 11) is 0. The molecule has 2 aromatic carbocycles. The van der Waals surface area contributed by atoms with Gasteiger partial charge in [0.25, 0.3) is 0 Å². The van der Waals surface area contributed by atoms with E-state index in [-0.39, 0.29) is 33.5 Å². The number of anilines is 1. The first-order valence-electron chi connectivity index (χ1n) is 10.8. The van der Waals surface area contributed by atoms with Crippen molar-refractivity contribution in [1.29, 1.82) is 0 Å². The van der Waals surface area contributed by atoms with Crippen LogP contribution in [-0.4, -0.2) is 51.2 Å². The van der Waals surface area contributed by atoms with Crippen molar-refractivity contribution in [3.05, 3.63) is 70.3 Å². The third kappa shape index (κ3) is 2.66. The lowest BCUT2D eigenvalue weighted by molar-refractivity contribution is 0.0868. The highest BCUT2D eigenvalue weighted by Crippen LogP contribution is 2.65. The molecule has 34 heavy (non-hydrogen) atoms. The number of epoxide rings is 1. The second kappa shape index (κ2) is 7.58. The van der Waals surface area contributed by atoms with Crippen molar-refractivity contribution >= 4 is 17.3 Å². The monoisotopic (exact) mass is 455 g/mol. The minimum atomic E-state index is -1.42. The Hall–Kier alpha value is -3.88. The maximum atomic E-state index is 13.5. The molecule has 1 saturated heterocycles. The van der Waals surface area contributed by atoms with Gasteiger partial charge in [0.1, 0.15) is 11.8 Å². The van der Waals surface area contributed by atoms with Gasteiger partial charge in [-0.2, -0.15) is 0 Å². The Labute approximate surface area is 196 Å². The maximum Gasteiger partial charge on any atom is 0.198 e. The molecular weight excluding hydrogens is 434 g/mol. The molecule has 2 heterocycles. The summed E-state index contributed by atoms with van der Waals surface area (Å²) in [6, 6.07) is 6.91. The number of ether oxygens (including phenoxy) is 1. The standard InChI is InChI=1S/C27H21NO6/c1-3-4-5-6-7-12-20-27(15(2)30)26(14-29,34-27)18-13-19(31)21-22(23(18)28-20)25(33)17-11-9-8-10-16(17)24(21)32/h5-6,8-11,13,15,20,28-31H,14H2,1-2H3/b6-5-/t15?,20-,26-,27+/m0/s1. The maximum absolute atomic E-state index is 13.5. The lowest BCUT2D eigenvalue weighted by atomic mass is 9.72. The Kier molecular flexibility index (Phi) is 4.89. The molecule has 3 aliphatic rings. The van der Waals surface area contributed by atoms with Crippen molar-refractivity contribution in [3.8, 4) is 29.4 Å². The Morgan fingerprint density at radius 1 is 1.15 bits per heavy atom. The number of hydrogen-bond donors (Lipinski definition) is 4. The second-order valence-corrected chi connectivity index (χ2v) is 8.42. The lowest BCUT2D eigenvalue weighted by Gasteiger charge is -2.36. The molecule has 0 saturated carbocycles. The Balaban J connectivity index is 1.74. The van der Waals surface area contributed by atoms with Crippen LogP contribution < -0.4 is 5.32 Å². The summed E-state index contributed by atoms with van der Waals surface area (Å²) >= 11 is 0. The number of allylic oxidation sites excluding steroid dienone is 2. The van der Waals surface area contributed by atoms with Gasteiger partial charge in [0.2, 0.25) is 0 Å². The Morgan fingerprint density at radius 3 is 2.41 bits per heavy atom. The summed E-state index contributed by atoms with van der Waals surface area (Å²) in [5, 5.41) is 35.1. The van der Waals surface area contributed by atoms with Gasteiger partial charge in [-0.3, -0.25) is 9.59 Å². The number of benzene rings is 2. The van der Waals surface area contributed by atoms with E-state index in [9.17, 15) is 24.9 Å². The smallest absolute Gasteiger partial charge is 0.198 e. The summed E-state index contributed by atoms with van der Waals surface area (Å²) < 4.78 is 6.03. The summed E-state index contributed by atoms with van der Waals surface area (Å²) in [6.45, 7) is 2.70. The average molecular weight is 455 g/mol. The fourth-order valence-electron chi connectivity index (χ4n) is 5.16. The largest absolute Gasteiger partial charge is 0.507 e. The normalized spacial score (nSPS) is 26.5. The van der Waals surface area contributed by atoms with Gasteiger partial charge in [-0.05, 0) is 32.1 Å². The number of aromatic hydroxyl groups is 1. The number of aliphatic hydroxyl groups excluding tert-OH is 2. The van der Waals surface area contributed by atoms with Crippen molar-refractivity contribution in [2.24, 2.45) is 0 Å². The number of fused-ring (bicyclic) bond motifs is 6. The number of phenolic OH excluding ortho intramolecular Hbond substituents is 1. The molecule has 0 spiro atoms. The van der Waals surface area contributed by atoms with Gasteiger partial charge in [-0.1, -0.05) is 42.0 Å². The SMILES string of the molecule is CC#C/C=C\C#C[C@@H]1Nc2c(cc(O)c3c2C(=O)c2ccccc2C3=O)[C@]2(CO)O[C@]12C(C)O. The number of carbonyl (C=O) groups is 2. The molecule has 4 N–H and O–H groups in total. The molecule has 0 aromatic heterocycles. The predicted molar refractivity (Wildman–Crippen MR) is 123 cm³/mol. The zero-order valence-corrected chi connectivity index (χ0v) is 18.5. The van der Waals surface area contributed by atoms with Crippen LogP contribution in [0.5, 0.6) is 5.75 Å². The predicted octanol–water partition coefficient (Wildman–Crippen LogP) is 1.88. The number of ketones is 2. The molecule has 0 radical (unpaired) electrons. The topological polar surface area (TPSA) is 119 Å². The van der Waals surface area contributed by atoms with Gasteiger partial charge >= 0.3 is 0 Å². The molecule has 1 fully saturated rings. The highest BCUT2D eigenvalue weighted by atomic mass is 16.7. The first-order valence-corrected chi connectivity index (χ1v) is 10.8. The van der Waals surface area contributed by atoms with E-state index in [0.29, 0.717) is 0 Å². The van der Waals surface area contributed by atoms with E-state index >= 15 is 0 Å². The molecule has 7 heteroatoms. The molecular formula is C27H21NO6. The van der Waals surface area contributed by atoms with E-state index in [4.69, 9.17) is 4.74 Å². The Morgan fingerprint density at radius 2 is 1.79 bits per heavy atom. The van der Waals surface area contributed by atoms with Crippen molar-refractivity contribution in [2.45, 2.75) is 37.2 Å². The van der Waals surface area contributed by atoms with Crippen LogP contribution in [0.1, 0.15) is 51.3 Å². The van der Waals surface area contributed by atoms with Crippen LogP contribution in [0.2, 0.25) is 0 Å². The lowest BCUT2D eigenvalue weighted by Crippen LogP contribution is -2.52. The molecule has 0 bridgehead atoms. The van der Waals surface area contributed by atoms with Gasteiger partial charge in [0.05, 0.1) is 29.5 Å². The molecule has 7 nitrogen and oxygen atoms in total. The quantitative estimate of drug-likeness (QED) is 0.265. The number of hydrogen-bond acceptors (Lipinski definition) is 7. The average Bonchev–Trinajstić information content (AvgIpc) is 3.55. The molecule has 2 aromatic rings. The van der Waals surface area contributed by atoms with Gasteiger partial charge < -0.3 is 25.4 Å². The van der Waals surface area contributed by atoms with Crippen LogP contribution in [0.4, 0.5) is 5.69 Å². The van der Waals surface area contributed by atoms with Crippen molar-refractivity contribution in [3.63, 3.8) is 0 Å². The van der Waals surface area contributed by atoms with Crippen LogP contribution in [0.3, 0.4) is 0 Å². The number of rotatable bonds is 2. The van der Waals surface area contributed by atoms with Crippen LogP contribution in [0, 0.1) is 23.7 Å². The zero-order chi connectivity index (χ0) is 24.3. The van der Waals surface area contributed by atoms with Crippen LogP contribution >= 0.6 is 0 Å². The molecule has 170 valence electrons. The van der Waals surface area contributed by atoms with Crippen molar-refractivity contribution in [1.82, 2.24) is 0 Å². The van der Waals surface area contributed by atoms with E-state index in [0.717, 1.165) is 0 Å². The Bertz CT molecular complexity index is 1420. The fourth-order valence-corrected chi connectivity index (χ4v) is 5.16. The summed E-state index contributed by atoms with van der Waals surface area (Å²) in [4.78, 5) is 26.7. The third-order valence-electron chi connectivity index (χ3n) is 6.73.